The zero-order valence-electron chi connectivity index (χ0n) is 11.2. The van der Waals surface area contributed by atoms with Crippen LogP contribution >= 0.6 is 23.4 Å². The Morgan fingerprint density at radius 2 is 2.25 bits per heavy atom. The Morgan fingerprint density at radius 1 is 1.35 bits per heavy atom. The lowest BCUT2D eigenvalue weighted by Gasteiger charge is -2.07. The molecule has 2 rings (SSSR count). The molecule has 2 aromatic rings. The third-order valence-corrected chi connectivity index (χ3v) is 3.68. The van der Waals surface area contributed by atoms with Crippen molar-refractivity contribution in [2.75, 3.05) is 26.1 Å². The fraction of sp³-hybridized carbons (Fsp3) is 0.385. The molecule has 0 radical (unpaired) electrons. The lowest BCUT2D eigenvalue weighted by molar-refractivity contribution is 0.184. The van der Waals surface area contributed by atoms with Crippen LogP contribution in [0.4, 0.5) is 0 Å². The van der Waals surface area contributed by atoms with E-state index in [0.717, 1.165) is 23.2 Å². The van der Waals surface area contributed by atoms with Crippen LogP contribution in [0.3, 0.4) is 0 Å². The fourth-order valence-corrected chi connectivity index (χ4v) is 2.49. The van der Waals surface area contributed by atoms with Gasteiger partial charge in [-0.2, -0.15) is 0 Å². The summed E-state index contributed by atoms with van der Waals surface area (Å²) in [7, 11) is 1.68. The molecule has 1 aromatic heterocycles. The van der Waals surface area contributed by atoms with Gasteiger partial charge < -0.3 is 14.0 Å². The molecular weight excluding hydrogens is 298 g/mol. The van der Waals surface area contributed by atoms with Crippen LogP contribution in [0.15, 0.2) is 35.7 Å². The highest BCUT2D eigenvalue weighted by Crippen LogP contribution is 2.18. The molecule has 0 saturated carbocycles. The zero-order valence-corrected chi connectivity index (χ0v) is 12.7. The van der Waals surface area contributed by atoms with Gasteiger partial charge in [0.05, 0.1) is 13.2 Å². The summed E-state index contributed by atoms with van der Waals surface area (Å²) in [5.74, 6) is 1.57. The highest BCUT2D eigenvalue weighted by atomic mass is 35.5. The fourth-order valence-electron chi connectivity index (χ4n) is 1.55. The molecule has 0 aliphatic carbocycles. The van der Waals surface area contributed by atoms with Gasteiger partial charge in [-0.05, 0) is 18.2 Å². The van der Waals surface area contributed by atoms with Crippen molar-refractivity contribution in [2.45, 2.75) is 11.7 Å². The van der Waals surface area contributed by atoms with Crippen molar-refractivity contribution in [3.05, 3.63) is 35.6 Å². The normalized spacial score (nSPS) is 10.7. The number of ether oxygens (including phenoxy) is 2. The van der Waals surface area contributed by atoms with Gasteiger partial charge in [-0.25, -0.2) is 0 Å². The molecule has 0 bridgehead atoms. The van der Waals surface area contributed by atoms with E-state index >= 15 is 0 Å². The van der Waals surface area contributed by atoms with Crippen molar-refractivity contribution in [2.24, 2.45) is 0 Å². The minimum Gasteiger partial charge on any atom is -0.493 e. The summed E-state index contributed by atoms with van der Waals surface area (Å²) in [6, 6.07) is 7.37. The topological polar surface area (TPSA) is 49.2 Å². The van der Waals surface area contributed by atoms with E-state index in [1.807, 2.05) is 22.8 Å². The molecule has 0 amide bonds. The first-order chi connectivity index (χ1) is 9.79. The molecule has 1 heterocycles. The second kappa shape index (κ2) is 8.14. The molecule has 0 fully saturated rings. The second-order valence-electron chi connectivity index (χ2n) is 3.95. The number of halogens is 1. The van der Waals surface area contributed by atoms with Crippen molar-refractivity contribution in [1.82, 2.24) is 14.8 Å². The van der Waals surface area contributed by atoms with Crippen molar-refractivity contribution in [3.63, 3.8) is 0 Å². The summed E-state index contributed by atoms with van der Waals surface area (Å²) in [6.07, 6.45) is 1.71. The maximum atomic E-state index is 5.89. The summed E-state index contributed by atoms with van der Waals surface area (Å²) in [5.41, 5.74) is 0. The van der Waals surface area contributed by atoms with Crippen molar-refractivity contribution in [3.8, 4) is 5.75 Å². The van der Waals surface area contributed by atoms with E-state index in [2.05, 4.69) is 10.2 Å². The van der Waals surface area contributed by atoms with Crippen LogP contribution in [0.1, 0.15) is 0 Å². The van der Waals surface area contributed by atoms with E-state index in [0.29, 0.717) is 18.2 Å². The van der Waals surface area contributed by atoms with Gasteiger partial charge in [0.1, 0.15) is 12.1 Å². The first kappa shape index (κ1) is 15.2. The molecule has 0 atom stereocenters. The van der Waals surface area contributed by atoms with Crippen LogP contribution in [0.2, 0.25) is 5.02 Å². The lowest BCUT2D eigenvalue weighted by Crippen LogP contribution is -2.06. The zero-order chi connectivity index (χ0) is 14.2. The van der Waals surface area contributed by atoms with E-state index in [9.17, 15) is 0 Å². The van der Waals surface area contributed by atoms with Gasteiger partial charge in [0, 0.05) is 24.4 Å². The number of thioether (sulfide) groups is 1. The summed E-state index contributed by atoms with van der Waals surface area (Å²) in [5, 5.41) is 9.52. The second-order valence-corrected chi connectivity index (χ2v) is 5.45. The first-order valence-electron chi connectivity index (χ1n) is 6.17. The molecule has 1 aromatic carbocycles. The number of nitrogens with zero attached hydrogens (tertiary/aromatic N) is 3. The van der Waals surface area contributed by atoms with Crippen LogP contribution in [-0.4, -0.2) is 40.8 Å². The summed E-state index contributed by atoms with van der Waals surface area (Å²) in [6.45, 7) is 1.98. The smallest absolute Gasteiger partial charge is 0.191 e. The minimum atomic E-state index is 0.585. The Morgan fingerprint density at radius 3 is 3.05 bits per heavy atom. The quantitative estimate of drug-likeness (QED) is 0.554. The predicted molar refractivity (Wildman–Crippen MR) is 79.6 cm³/mol. The molecule has 0 saturated heterocycles. The Hall–Kier alpha value is -1.24. The van der Waals surface area contributed by atoms with Gasteiger partial charge in [0.15, 0.2) is 5.16 Å². The Kier molecular flexibility index (Phi) is 6.17. The molecule has 7 heteroatoms. The maximum Gasteiger partial charge on any atom is 0.191 e. The molecule has 108 valence electrons. The van der Waals surface area contributed by atoms with E-state index in [1.165, 1.54) is 0 Å². The van der Waals surface area contributed by atoms with Crippen LogP contribution in [-0.2, 0) is 11.3 Å². The summed E-state index contributed by atoms with van der Waals surface area (Å²) in [4.78, 5) is 0. The highest BCUT2D eigenvalue weighted by Gasteiger charge is 2.04. The van der Waals surface area contributed by atoms with Gasteiger partial charge in [0.25, 0.3) is 0 Å². The van der Waals surface area contributed by atoms with Gasteiger partial charge in [-0.15, -0.1) is 10.2 Å². The molecule has 0 aliphatic heterocycles. The van der Waals surface area contributed by atoms with Crippen LogP contribution in [0.5, 0.6) is 5.75 Å². The molecule has 0 unspecified atom stereocenters. The largest absolute Gasteiger partial charge is 0.493 e. The van der Waals surface area contributed by atoms with E-state index in [1.54, 1.807) is 31.3 Å². The van der Waals surface area contributed by atoms with E-state index in [4.69, 9.17) is 21.1 Å². The maximum absolute atomic E-state index is 5.89. The third-order valence-electron chi connectivity index (χ3n) is 2.50. The van der Waals surface area contributed by atoms with E-state index in [-0.39, 0.29) is 0 Å². The molecule has 5 nitrogen and oxygen atoms in total. The number of hydrogen-bond donors (Lipinski definition) is 0. The molecular formula is C13H16ClN3O2S. The molecule has 0 aliphatic rings. The average molecular weight is 314 g/mol. The number of benzene rings is 1. The Labute approximate surface area is 127 Å². The Bertz CT molecular complexity index is 536. The number of methoxy groups -OCH3 is 1. The SMILES string of the molecule is COCCn1cnnc1SCCOc1cccc(Cl)c1. The van der Waals surface area contributed by atoms with Gasteiger partial charge in [-0.1, -0.05) is 29.4 Å². The Balaban J connectivity index is 1.74. The monoisotopic (exact) mass is 313 g/mol. The number of rotatable bonds is 8. The minimum absolute atomic E-state index is 0.585. The van der Waals surface area contributed by atoms with Gasteiger partial charge >= 0.3 is 0 Å². The number of hydrogen-bond acceptors (Lipinski definition) is 5. The van der Waals surface area contributed by atoms with Crippen molar-refractivity contribution >= 4 is 23.4 Å². The lowest BCUT2D eigenvalue weighted by atomic mass is 10.3. The van der Waals surface area contributed by atoms with Gasteiger partial charge in [0.2, 0.25) is 0 Å². The van der Waals surface area contributed by atoms with Crippen LogP contribution in [0.25, 0.3) is 0 Å². The average Bonchev–Trinajstić information content (AvgIpc) is 2.89. The molecule has 20 heavy (non-hydrogen) atoms. The predicted octanol–water partition coefficient (Wildman–Crippen LogP) is 2.75. The third kappa shape index (κ3) is 4.70. The van der Waals surface area contributed by atoms with E-state index < -0.39 is 0 Å². The molecule has 0 N–H and O–H groups in total. The number of aromatic nitrogens is 3. The standard InChI is InChI=1S/C13H16ClN3O2S/c1-18-6-5-17-10-15-16-13(17)20-8-7-19-12-4-2-3-11(14)9-12/h2-4,9-10H,5-8H2,1H3. The van der Waals surface area contributed by atoms with Crippen molar-refractivity contribution < 1.29 is 9.47 Å². The highest BCUT2D eigenvalue weighted by molar-refractivity contribution is 7.99. The van der Waals surface area contributed by atoms with Gasteiger partial charge in [-0.3, -0.25) is 0 Å². The molecule has 0 spiro atoms. The van der Waals surface area contributed by atoms with Crippen LogP contribution in [0, 0.1) is 0 Å². The van der Waals surface area contributed by atoms with Crippen LogP contribution < -0.4 is 4.74 Å². The summed E-state index contributed by atoms with van der Waals surface area (Å²) < 4.78 is 12.6. The van der Waals surface area contributed by atoms with Crippen molar-refractivity contribution in [1.29, 1.82) is 0 Å². The first-order valence-corrected chi connectivity index (χ1v) is 7.54. The summed E-state index contributed by atoms with van der Waals surface area (Å²) >= 11 is 7.49.